The summed E-state index contributed by atoms with van der Waals surface area (Å²) in [7, 11) is 0. The molecule has 0 amide bonds. The lowest BCUT2D eigenvalue weighted by Gasteiger charge is -2.21. The largest absolute Gasteiger partial charge is 0.508 e. The van der Waals surface area contributed by atoms with Crippen molar-refractivity contribution in [2.75, 3.05) is 0 Å². The van der Waals surface area contributed by atoms with E-state index in [1.807, 2.05) is 6.08 Å². The van der Waals surface area contributed by atoms with Crippen molar-refractivity contribution in [3.8, 4) is 40.2 Å². The van der Waals surface area contributed by atoms with Crippen LogP contribution in [0.25, 0.3) is 12.2 Å². The Morgan fingerprint density at radius 1 is 0.571 bits per heavy atom. The highest BCUT2D eigenvalue weighted by Crippen LogP contribution is 2.53. The fraction of sp³-hybridized carbons (Fsp3) is 0.0714. The van der Waals surface area contributed by atoms with Gasteiger partial charge < -0.3 is 35.4 Å². The molecule has 4 aromatic carbocycles. The molecule has 1 aliphatic heterocycles. The Hall–Kier alpha value is -4.78. The van der Waals surface area contributed by atoms with Gasteiger partial charge in [0.25, 0.3) is 0 Å². The third kappa shape index (κ3) is 4.27. The van der Waals surface area contributed by atoms with Crippen LogP contribution in [-0.4, -0.2) is 30.6 Å². The summed E-state index contributed by atoms with van der Waals surface area (Å²) in [4.78, 5) is 0. The molecule has 176 valence electrons. The zero-order chi connectivity index (χ0) is 24.7. The normalized spacial score (nSPS) is 16.8. The third-order valence-electron chi connectivity index (χ3n) is 5.99. The molecule has 4 aromatic rings. The van der Waals surface area contributed by atoms with Crippen molar-refractivity contribution in [1.29, 1.82) is 0 Å². The molecule has 0 radical (unpaired) electrons. The molecule has 1 unspecified atom stereocenters. The summed E-state index contributed by atoms with van der Waals surface area (Å²) >= 11 is 0. The van der Waals surface area contributed by atoms with Crippen molar-refractivity contribution < 1.29 is 35.4 Å². The molecule has 0 aliphatic carbocycles. The van der Waals surface area contributed by atoms with Gasteiger partial charge >= 0.3 is 0 Å². The van der Waals surface area contributed by atoms with E-state index < -0.39 is 12.0 Å². The number of hydrogen-bond acceptors (Lipinski definition) is 7. The van der Waals surface area contributed by atoms with Crippen LogP contribution < -0.4 is 4.74 Å². The molecule has 7 nitrogen and oxygen atoms in total. The van der Waals surface area contributed by atoms with Crippen molar-refractivity contribution in [2.45, 2.75) is 12.0 Å². The molecule has 5 rings (SSSR count). The molecule has 0 fully saturated rings. The predicted octanol–water partition coefficient (Wildman–Crippen LogP) is 5.36. The first kappa shape index (κ1) is 22.0. The molecule has 7 heteroatoms. The van der Waals surface area contributed by atoms with E-state index >= 15 is 0 Å². The van der Waals surface area contributed by atoms with Crippen LogP contribution >= 0.6 is 0 Å². The molecular formula is C28H22O7. The van der Waals surface area contributed by atoms with Crippen LogP contribution in [0, 0.1) is 0 Å². The smallest absolute Gasteiger partial charge is 0.157 e. The molecule has 1 heterocycles. The van der Waals surface area contributed by atoms with Crippen molar-refractivity contribution in [2.24, 2.45) is 0 Å². The van der Waals surface area contributed by atoms with E-state index in [0.29, 0.717) is 28.0 Å². The van der Waals surface area contributed by atoms with Gasteiger partial charge in [0, 0.05) is 17.7 Å². The van der Waals surface area contributed by atoms with Crippen LogP contribution in [0.5, 0.6) is 40.2 Å². The van der Waals surface area contributed by atoms with Crippen molar-refractivity contribution in [3.63, 3.8) is 0 Å². The minimum absolute atomic E-state index is 0.0131. The van der Waals surface area contributed by atoms with E-state index in [4.69, 9.17) is 4.74 Å². The van der Waals surface area contributed by atoms with Gasteiger partial charge in [-0.05, 0) is 64.7 Å². The second kappa shape index (κ2) is 8.53. The first-order chi connectivity index (χ1) is 16.8. The highest BCUT2D eigenvalue weighted by molar-refractivity contribution is 5.75. The fourth-order valence-corrected chi connectivity index (χ4v) is 4.45. The fourth-order valence-electron chi connectivity index (χ4n) is 4.45. The zero-order valence-corrected chi connectivity index (χ0v) is 18.3. The van der Waals surface area contributed by atoms with Crippen LogP contribution in [0.2, 0.25) is 0 Å². The maximum absolute atomic E-state index is 10.4. The summed E-state index contributed by atoms with van der Waals surface area (Å²) in [6.45, 7) is 0. The molecule has 0 bridgehead atoms. The second-order valence-electron chi connectivity index (χ2n) is 8.42. The monoisotopic (exact) mass is 470 g/mol. The topological polar surface area (TPSA) is 131 Å². The summed E-state index contributed by atoms with van der Waals surface area (Å²) < 4.78 is 6.24. The number of fused-ring (bicyclic) bond motifs is 1. The van der Waals surface area contributed by atoms with Crippen LogP contribution in [0.1, 0.15) is 39.8 Å². The van der Waals surface area contributed by atoms with Crippen LogP contribution in [-0.2, 0) is 0 Å². The SMILES string of the molecule is Oc1ccc(/C=C/c2cc(O)cc3c2C(c2cc(O)cc(O)c2)[C@@H](c2ccc(O)c(O)c2)O3)cc1. The Morgan fingerprint density at radius 2 is 1.26 bits per heavy atom. The lowest BCUT2D eigenvalue weighted by molar-refractivity contribution is 0.221. The van der Waals surface area contributed by atoms with E-state index in [2.05, 4.69) is 0 Å². The number of hydrogen-bond donors (Lipinski definition) is 6. The summed E-state index contributed by atoms with van der Waals surface area (Å²) in [5, 5.41) is 60.2. The number of phenols is 6. The average molecular weight is 470 g/mol. The zero-order valence-electron chi connectivity index (χ0n) is 18.3. The number of phenolic OH excluding ortho intramolecular Hbond substituents is 6. The van der Waals surface area contributed by atoms with E-state index in [-0.39, 0.29) is 34.5 Å². The summed E-state index contributed by atoms with van der Waals surface area (Å²) in [5.41, 5.74) is 3.29. The van der Waals surface area contributed by atoms with Crippen LogP contribution in [0.3, 0.4) is 0 Å². The van der Waals surface area contributed by atoms with Gasteiger partial charge in [-0.3, -0.25) is 0 Å². The first-order valence-electron chi connectivity index (χ1n) is 10.8. The highest BCUT2D eigenvalue weighted by Gasteiger charge is 2.39. The van der Waals surface area contributed by atoms with E-state index in [1.165, 1.54) is 36.4 Å². The molecule has 0 saturated carbocycles. The molecule has 6 N–H and O–H groups in total. The van der Waals surface area contributed by atoms with E-state index in [9.17, 15) is 30.6 Å². The van der Waals surface area contributed by atoms with Crippen LogP contribution in [0.15, 0.2) is 72.8 Å². The van der Waals surface area contributed by atoms with Gasteiger partial charge in [-0.1, -0.05) is 30.4 Å². The molecular weight excluding hydrogens is 448 g/mol. The van der Waals surface area contributed by atoms with Crippen molar-refractivity contribution in [1.82, 2.24) is 0 Å². The second-order valence-corrected chi connectivity index (χ2v) is 8.42. The number of rotatable bonds is 4. The van der Waals surface area contributed by atoms with Crippen LogP contribution in [0.4, 0.5) is 0 Å². The Balaban J connectivity index is 1.68. The first-order valence-corrected chi connectivity index (χ1v) is 10.8. The molecule has 0 saturated heterocycles. The van der Waals surface area contributed by atoms with Gasteiger partial charge in [0.05, 0.1) is 5.92 Å². The van der Waals surface area contributed by atoms with E-state index in [1.54, 1.807) is 42.5 Å². The van der Waals surface area contributed by atoms with Gasteiger partial charge in [-0.2, -0.15) is 0 Å². The molecule has 0 aromatic heterocycles. The Bertz CT molecular complexity index is 1420. The predicted molar refractivity (Wildman–Crippen MR) is 130 cm³/mol. The summed E-state index contributed by atoms with van der Waals surface area (Å²) in [6, 6.07) is 18.4. The average Bonchev–Trinajstić information content (AvgIpc) is 3.19. The van der Waals surface area contributed by atoms with Crippen molar-refractivity contribution >= 4 is 12.2 Å². The van der Waals surface area contributed by atoms with Gasteiger partial charge in [0.2, 0.25) is 0 Å². The summed E-state index contributed by atoms with van der Waals surface area (Å²) in [5.74, 6) is -0.826. The standard InChI is InChI=1S/C28H22O7/c29-19-6-2-15(3-7-19)1-4-16-9-22(32)14-25-26(16)27(18-10-20(30)13-21(31)11-18)28(35-25)17-5-8-23(33)24(34)12-17/h1-14,27-34H/b4-1+/t27?,28-/m1/s1. The van der Waals surface area contributed by atoms with Gasteiger partial charge in [-0.15, -0.1) is 0 Å². The molecule has 2 atom stereocenters. The lowest BCUT2D eigenvalue weighted by atomic mass is 9.82. The maximum atomic E-state index is 10.4. The minimum atomic E-state index is -0.694. The van der Waals surface area contributed by atoms with E-state index in [0.717, 1.165) is 5.56 Å². The van der Waals surface area contributed by atoms with Gasteiger partial charge in [0.1, 0.15) is 34.9 Å². The Morgan fingerprint density at radius 3 is 1.94 bits per heavy atom. The third-order valence-corrected chi connectivity index (χ3v) is 5.99. The maximum Gasteiger partial charge on any atom is 0.157 e. The van der Waals surface area contributed by atoms with Gasteiger partial charge in [-0.25, -0.2) is 0 Å². The number of ether oxygens (including phenoxy) is 1. The lowest BCUT2D eigenvalue weighted by Crippen LogP contribution is -2.12. The molecule has 0 spiro atoms. The summed E-state index contributed by atoms with van der Waals surface area (Å²) in [6.07, 6.45) is 2.94. The molecule has 35 heavy (non-hydrogen) atoms. The number of benzene rings is 4. The van der Waals surface area contributed by atoms with Crippen molar-refractivity contribution in [3.05, 3.63) is 101 Å². The number of aromatic hydroxyl groups is 6. The minimum Gasteiger partial charge on any atom is -0.508 e. The molecule has 1 aliphatic rings. The van der Waals surface area contributed by atoms with Gasteiger partial charge in [0.15, 0.2) is 11.5 Å². The highest BCUT2D eigenvalue weighted by atomic mass is 16.5. The Labute approximate surface area is 200 Å². The quantitative estimate of drug-likeness (QED) is 0.175. The Kier molecular flexibility index (Phi) is 5.37.